The molecular formula is C14H21NO6S. The van der Waals surface area contributed by atoms with Crippen LogP contribution in [-0.2, 0) is 29.5 Å². The molecule has 2 rings (SSSR count). The van der Waals surface area contributed by atoms with E-state index < -0.39 is 35.1 Å². The van der Waals surface area contributed by atoms with Gasteiger partial charge >= 0.3 is 5.97 Å². The van der Waals surface area contributed by atoms with Crippen molar-refractivity contribution in [2.45, 2.75) is 45.3 Å². The van der Waals surface area contributed by atoms with E-state index in [9.17, 15) is 18.0 Å². The minimum atomic E-state index is -3.00. The van der Waals surface area contributed by atoms with Crippen LogP contribution in [0.5, 0.6) is 0 Å². The Labute approximate surface area is 131 Å². The molecule has 1 N–H and O–H groups in total. The van der Waals surface area contributed by atoms with E-state index in [1.807, 2.05) is 6.92 Å². The third kappa shape index (κ3) is 3.49. The predicted molar refractivity (Wildman–Crippen MR) is 78.3 cm³/mol. The summed E-state index contributed by atoms with van der Waals surface area (Å²) in [6.45, 7) is 6.70. The highest BCUT2D eigenvalue weighted by Crippen LogP contribution is 2.56. The summed E-state index contributed by atoms with van der Waals surface area (Å²) in [4.78, 5) is 23.3. The predicted octanol–water partition coefficient (Wildman–Crippen LogP) is 0.322. The zero-order valence-electron chi connectivity index (χ0n) is 12.7. The Kier molecular flexibility index (Phi) is 4.91. The van der Waals surface area contributed by atoms with E-state index in [1.54, 1.807) is 0 Å². The molecule has 0 spiro atoms. The van der Waals surface area contributed by atoms with Gasteiger partial charge in [0, 0.05) is 11.0 Å². The number of amides is 1. The summed E-state index contributed by atoms with van der Waals surface area (Å²) >= 11 is 0. The second-order valence-electron chi connectivity index (χ2n) is 6.32. The van der Waals surface area contributed by atoms with Crippen LogP contribution in [0.4, 0.5) is 0 Å². The molecule has 2 aliphatic rings. The maximum absolute atomic E-state index is 11.9. The van der Waals surface area contributed by atoms with E-state index >= 15 is 0 Å². The van der Waals surface area contributed by atoms with Gasteiger partial charge in [0.05, 0.1) is 0 Å². The maximum Gasteiger partial charge on any atom is 0.325 e. The highest BCUT2D eigenvalue weighted by atomic mass is 32.2. The van der Waals surface area contributed by atoms with Gasteiger partial charge < -0.3 is 10.1 Å². The lowest BCUT2D eigenvalue weighted by Gasteiger charge is -2.34. The SMILES string of the molecule is C=C(C)C(=O)NCC(=O)OC1C(O[SH](=O)=O)C2CCC1(C)C2. The summed E-state index contributed by atoms with van der Waals surface area (Å²) in [5, 5.41) is 2.39. The Morgan fingerprint density at radius 1 is 1.41 bits per heavy atom. The van der Waals surface area contributed by atoms with E-state index in [-0.39, 0.29) is 17.9 Å². The maximum atomic E-state index is 11.9. The number of nitrogens with one attached hydrogen (secondary N) is 1. The Morgan fingerprint density at radius 3 is 2.68 bits per heavy atom. The van der Waals surface area contributed by atoms with Crippen molar-refractivity contribution in [2.75, 3.05) is 6.54 Å². The van der Waals surface area contributed by atoms with Gasteiger partial charge in [-0.1, -0.05) is 13.5 Å². The summed E-state index contributed by atoms with van der Waals surface area (Å²) in [6.07, 6.45) is 1.28. The topological polar surface area (TPSA) is 98.8 Å². The fourth-order valence-electron chi connectivity index (χ4n) is 3.44. The normalized spacial score (nSPS) is 33.0. The first kappa shape index (κ1) is 17.0. The number of ether oxygens (including phenoxy) is 1. The average Bonchev–Trinajstić information content (AvgIpc) is 2.92. The van der Waals surface area contributed by atoms with Crippen molar-refractivity contribution in [1.82, 2.24) is 5.32 Å². The highest BCUT2D eigenvalue weighted by molar-refractivity contribution is 7.67. The molecule has 0 aromatic heterocycles. The lowest BCUT2D eigenvalue weighted by atomic mass is 9.82. The second kappa shape index (κ2) is 6.37. The third-order valence-corrected chi connectivity index (χ3v) is 4.93. The summed E-state index contributed by atoms with van der Waals surface area (Å²) in [6, 6.07) is 0. The van der Waals surface area contributed by atoms with E-state index in [1.165, 1.54) is 6.92 Å². The van der Waals surface area contributed by atoms with Crippen molar-refractivity contribution in [3.63, 3.8) is 0 Å². The van der Waals surface area contributed by atoms with Crippen molar-refractivity contribution in [2.24, 2.45) is 11.3 Å². The Morgan fingerprint density at radius 2 is 2.09 bits per heavy atom. The number of thiol groups is 1. The molecule has 0 radical (unpaired) electrons. The van der Waals surface area contributed by atoms with Crippen molar-refractivity contribution >= 4 is 22.9 Å². The molecule has 8 heteroatoms. The molecule has 0 aromatic carbocycles. The molecule has 7 nitrogen and oxygen atoms in total. The first-order chi connectivity index (χ1) is 10.2. The van der Waals surface area contributed by atoms with Gasteiger partial charge in [-0.05, 0) is 32.1 Å². The van der Waals surface area contributed by atoms with E-state index in [0.29, 0.717) is 5.57 Å². The Balaban J connectivity index is 1.98. The van der Waals surface area contributed by atoms with Crippen molar-refractivity contribution in [3.8, 4) is 0 Å². The lowest BCUT2D eigenvalue weighted by Crippen LogP contribution is -2.44. The number of hydrogen-bond donors (Lipinski definition) is 2. The van der Waals surface area contributed by atoms with Crippen molar-refractivity contribution in [1.29, 1.82) is 0 Å². The summed E-state index contributed by atoms with van der Waals surface area (Å²) < 4.78 is 32.1. The molecule has 2 aliphatic carbocycles. The van der Waals surface area contributed by atoms with Crippen LogP contribution in [0.25, 0.3) is 0 Å². The van der Waals surface area contributed by atoms with E-state index in [0.717, 1.165) is 19.3 Å². The third-order valence-electron chi connectivity index (χ3n) is 4.51. The van der Waals surface area contributed by atoms with Gasteiger partial charge in [0.15, 0.2) is 0 Å². The van der Waals surface area contributed by atoms with Gasteiger partial charge in [-0.2, -0.15) is 0 Å². The van der Waals surface area contributed by atoms with Crippen LogP contribution in [0.1, 0.15) is 33.1 Å². The second-order valence-corrected chi connectivity index (χ2v) is 6.98. The standard InChI is InChI=1S/C14H21NO6S/c1-8(2)13(17)15-7-10(16)20-12-11(21-22(18)19)9-4-5-14(12,3)6-9/h9,11-12,22H,1,4-7H2,2-3H3,(H,15,17). The molecule has 2 bridgehead atoms. The quantitative estimate of drug-likeness (QED) is 0.413. The van der Waals surface area contributed by atoms with Gasteiger partial charge in [0.1, 0.15) is 18.8 Å². The lowest BCUT2D eigenvalue weighted by molar-refractivity contribution is -0.161. The van der Waals surface area contributed by atoms with Crippen molar-refractivity contribution in [3.05, 3.63) is 12.2 Å². The van der Waals surface area contributed by atoms with Gasteiger partial charge in [-0.25, -0.2) is 8.42 Å². The fraction of sp³-hybridized carbons (Fsp3) is 0.714. The molecule has 1 amide bonds. The summed E-state index contributed by atoms with van der Waals surface area (Å²) in [5.74, 6) is -0.949. The highest BCUT2D eigenvalue weighted by Gasteiger charge is 2.58. The largest absolute Gasteiger partial charge is 0.458 e. The van der Waals surface area contributed by atoms with Gasteiger partial charge in [-0.3, -0.25) is 13.8 Å². The van der Waals surface area contributed by atoms with Gasteiger partial charge in [0.2, 0.25) is 5.91 Å². The monoisotopic (exact) mass is 331 g/mol. The van der Waals surface area contributed by atoms with Crippen LogP contribution >= 0.6 is 0 Å². The van der Waals surface area contributed by atoms with Crippen LogP contribution in [0.3, 0.4) is 0 Å². The molecular weight excluding hydrogens is 310 g/mol. The molecule has 0 heterocycles. The van der Waals surface area contributed by atoms with Crippen molar-refractivity contribution < 1.29 is 26.9 Å². The van der Waals surface area contributed by atoms with Crippen LogP contribution in [-0.4, -0.2) is 39.0 Å². The van der Waals surface area contributed by atoms with Crippen LogP contribution in [0.2, 0.25) is 0 Å². The fourth-order valence-corrected chi connectivity index (χ4v) is 3.92. The first-order valence-electron chi connectivity index (χ1n) is 7.17. The van der Waals surface area contributed by atoms with Gasteiger partial charge in [0.25, 0.3) is 11.0 Å². The van der Waals surface area contributed by atoms with E-state index in [2.05, 4.69) is 11.9 Å². The number of rotatable bonds is 6. The molecule has 124 valence electrons. The minimum absolute atomic E-state index is 0.0840. The smallest absolute Gasteiger partial charge is 0.325 e. The number of hydrogen-bond acceptors (Lipinski definition) is 6. The van der Waals surface area contributed by atoms with Crippen LogP contribution in [0.15, 0.2) is 12.2 Å². The Hall–Kier alpha value is -1.41. The molecule has 22 heavy (non-hydrogen) atoms. The average molecular weight is 331 g/mol. The van der Waals surface area contributed by atoms with Gasteiger partial charge in [-0.15, -0.1) is 0 Å². The molecule has 4 unspecified atom stereocenters. The molecule has 2 saturated carbocycles. The number of esters is 1. The number of fused-ring (bicyclic) bond motifs is 2. The zero-order valence-corrected chi connectivity index (χ0v) is 13.6. The molecule has 0 aliphatic heterocycles. The molecule has 0 aromatic rings. The Bertz CT molecular complexity index is 564. The molecule has 0 saturated heterocycles. The summed E-state index contributed by atoms with van der Waals surface area (Å²) in [5.41, 5.74) is 0.0265. The number of carbonyl (C=O) groups excluding carboxylic acids is 2. The van der Waals surface area contributed by atoms with Crippen LogP contribution in [0, 0.1) is 11.3 Å². The zero-order chi connectivity index (χ0) is 16.5. The minimum Gasteiger partial charge on any atom is -0.458 e. The molecule has 2 fully saturated rings. The first-order valence-corrected chi connectivity index (χ1v) is 8.27. The summed E-state index contributed by atoms with van der Waals surface area (Å²) in [7, 11) is -3.00. The van der Waals surface area contributed by atoms with E-state index in [4.69, 9.17) is 8.92 Å². The number of carbonyl (C=O) groups is 2. The van der Waals surface area contributed by atoms with Crippen LogP contribution < -0.4 is 5.32 Å². The molecule has 4 atom stereocenters.